The van der Waals surface area contributed by atoms with Crippen molar-refractivity contribution in [1.29, 1.82) is 0 Å². The van der Waals surface area contributed by atoms with E-state index < -0.39 is 0 Å². The highest BCUT2D eigenvalue weighted by Crippen LogP contribution is 2.36. The first-order chi connectivity index (χ1) is 13.8. The van der Waals surface area contributed by atoms with Gasteiger partial charge in [-0.25, -0.2) is 4.68 Å². The Morgan fingerprint density at radius 1 is 1.25 bits per heavy atom. The Labute approximate surface area is 164 Å². The summed E-state index contributed by atoms with van der Waals surface area (Å²) in [7, 11) is 1.67. The minimum atomic E-state index is 0.0304. The van der Waals surface area contributed by atoms with Crippen LogP contribution >= 0.6 is 0 Å². The second kappa shape index (κ2) is 8.66. The van der Waals surface area contributed by atoms with Gasteiger partial charge in [0.05, 0.1) is 32.9 Å². The number of morpholine rings is 1. The second-order valence-corrected chi connectivity index (χ2v) is 7.13. The highest BCUT2D eigenvalue weighted by atomic mass is 16.5. The van der Waals surface area contributed by atoms with Gasteiger partial charge in [-0.1, -0.05) is 18.2 Å². The molecule has 2 fully saturated rings. The summed E-state index contributed by atoms with van der Waals surface area (Å²) in [4.78, 5) is 17.2. The van der Waals surface area contributed by atoms with Gasteiger partial charge in [-0.2, -0.15) is 0 Å². The Balaban J connectivity index is 1.45. The molecule has 9 heteroatoms. The van der Waals surface area contributed by atoms with Crippen LogP contribution in [0.25, 0.3) is 0 Å². The number of amides is 1. The quantitative estimate of drug-likeness (QED) is 0.728. The van der Waals surface area contributed by atoms with Gasteiger partial charge in [0, 0.05) is 25.2 Å². The predicted octanol–water partition coefficient (Wildman–Crippen LogP) is 0.878. The largest absolute Gasteiger partial charge is 0.496 e. The van der Waals surface area contributed by atoms with Crippen LogP contribution < -0.4 is 4.74 Å². The molecule has 4 rings (SSSR count). The van der Waals surface area contributed by atoms with Crippen molar-refractivity contribution in [3.05, 3.63) is 35.7 Å². The van der Waals surface area contributed by atoms with Crippen LogP contribution in [0.4, 0.5) is 0 Å². The number of hydrogen-bond donors (Lipinski definition) is 0. The standard InChI is InChI=1S/C19H26N6O3/c1-27-17-7-3-2-5-15(17)16-6-4-8-24(16)19(26)14-25-18(20-21-22-25)13-23-9-11-28-12-10-23/h2-3,5,7,16H,4,6,8-14H2,1H3/t16-/m1/s1. The van der Waals surface area contributed by atoms with E-state index in [0.717, 1.165) is 57.0 Å². The van der Waals surface area contributed by atoms with Crippen LogP contribution in [0.15, 0.2) is 24.3 Å². The summed E-state index contributed by atoms with van der Waals surface area (Å²) >= 11 is 0. The molecule has 0 spiro atoms. The lowest BCUT2D eigenvalue weighted by atomic mass is 10.0. The van der Waals surface area contributed by atoms with Gasteiger partial charge in [-0.15, -0.1) is 5.10 Å². The maximum absolute atomic E-state index is 13.1. The molecular weight excluding hydrogens is 360 g/mol. The number of tetrazole rings is 1. The van der Waals surface area contributed by atoms with Crippen LogP contribution in [0.3, 0.4) is 0 Å². The van der Waals surface area contributed by atoms with Gasteiger partial charge in [0.2, 0.25) is 5.91 Å². The van der Waals surface area contributed by atoms with Gasteiger partial charge < -0.3 is 14.4 Å². The number of hydrogen-bond acceptors (Lipinski definition) is 7. The molecule has 0 N–H and O–H groups in total. The number of rotatable bonds is 6. The second-order valence-electron chi connectivity index (χ2n) is 7.13. The van der Waals surface area contributed by atoms with Gasteiger partial charge in [0.1, 0.15) is 12.3 Å². The fourth-order valence-electron chi connectivity index (χ4n) is 3.97. The normalized spacial score (nSPS) is 20.5. The van der Waals surface area contributed by atoms with Crippen molar-refractivity contribution in [2.45, 2.75) is 32.0 Å². The number of ether oxygens (including phenoxy) is 2. The van der Waals surface area contributed by atoms with Crippen LogP contribution in [0.1, 0.15) is 30.3 Å². The van der Waals surface area contributed by atoms with Crippen LogP contribution in [0.2, 0.25) is 0 Å². The third-order valence-electron chi connectivity index (χ3n) is 5.43. The molecule has 1 aromatic heterocycles. The topological polar surface area (TPSA) is 85.6 Å². The van der Waals surface area contributed by atoms with Gasteiger partial charge in [0.15, 0.2) is 5.82 Å². The Morgan fingerprint density at radius 3 is 2.89 bits per heavy atom. The van der Waals surface area contributed by atoms with E-state index in [1.54, 1.807) is 11.8 Å². The highest BCUT2D eigenvalue weighted by molar-refractivity contribution is 5.77. The van der Waals surface area contributed by atoms with Crippen molar-refractivity contribution >= 4 is 5.91 Å². The lowest BCUT2D eigenvalue weighted by molar-refractivity contribution is -0.133. The molecule has 0 saturated carbocycles. The molecule has 0 unspecified atom stereocenters. The number of aromatic nitrogens is 4. The minimum Gasteiger partial charge on any atom is -0.496 e. The smallest absolute Gasteiger partial charge is 0.244 e. The maximum Gasteiger partial charge on any atom is 0.244 e. The van der Waals surface area contributed by atoms with Gasteiger partial charge in [-0.05, 0) is 29.3 Å². The summed E-state index contributed by atoms with van der Waals surface area (Å²) in [5.41, 5.74) is 1.06. The van der Waals surface area contributed by atoms with E-state index in [9.17, 15) is 4.79 Å². The van der Waals surface area contributed by atoms with E-state index in [-0.39, 0.29) is 18.5 Å². The number of carbonyl (C=O) groups excluding carboxylic acids is 1. The Hall–Kier alpha value is -2.52. The molecule has 0 bridgehead atoms. The van der Waals surface area contributed by atoms with Crippen LogP contribution in [-0.2, 0) is 22.6 Å². The molecule has 1 aromatic carbocycles. The third-order valence-corrected chi connectivity index (χ3v) is 5.43. The molecule has 2 saturated heterocycles. The molecule has 1 amide bonds. The monoisotopic (exact) mass is 386 g/mol. The molecule has 0 radical (unpaired) electrons. The van der Waals surface area contributed by atoms with Crippen molar-refractivity contribution in [2.75, 3.05) is 40.0 Å². The van der Waals surface area contributed by atoms with Crippen molar-refractivity contribution in [2.24, 2.45) is 0 Å². The summed E-state index contributed by atoms with van der Waals surface area (Å²) in [6.45, 7) is 4.65. The molecule has 2 aromatic rings. The van der Waals surface area contributed by atoms with Gasteiger partial charge >= 0.3 is 0 Å². The Morgan fingerprint density at radius 2 is 2.07 bits per heavy atom. The molecular formula is C19H26N6O3. The molecule has 150 valence electrons. The predicted molar refractivity (Wildman–Crippen MR) is 101 cm³/mol. The number of likely N-dealkylation sites (tertiary alicyclic amines) is 1. The van der Waals surface area contributed by atoms with E-state index >= 15 is 0 Å². The first kappa shape index (κ1) is 18.8. The summed E-state index contributed by atoms with van der Waals surface area (Å²) < 4.78 is 12.5. The van der Waals surface area contributed by atoms with E-state index in [1.807, 2.05) is 29.2 Å². The van der Waals surface area contributed by atoms with E-state index in [1.165, 1.54) is 0 Å². The number of carbonyl (C=O) groups is 1. The zero-order valence-electron chi connectivity index (χ0n) is 16.2. The Kier molecular flexibility index (Phi) is 5.82. The lowest BCUT2D eigenvalue weighted by Crippen LogP contribution is -2.37. The molecule has 0 aliphatic carbocycles. The zero-order valence-corrected chi connectivity index (χ0v) is 16.2. The van der Waals surface area contributed by atoms with E-state index in [0.29, 0.717) is 12.4 Å². The van der Waals surface area contributed by atoms with Crippen molar-refractivity contribution in [3.63, 3.8) is 0 Å². The summed E-state index contributed by atoms with van der Waals surface area (Å²) in [5, 5.41) is 12.0. The fraction of sp³-hybridized carbons (Fsp3) is 0.579. The molecule has 2 aliphatic rings. The Bertz CT molecular complexity index is 804. The maximum atomic E-state index is 13.1. The average Bonchev–Trinajstić information content (AvgIpc) is 3.38. The summed E-state index contributed by atoms with van der Waals surface area (Å²) in [5.74, 6) is 1.56. The number of nitrogens with zero attached hydrogens (tertiary/aromatic N) is 6. The van der Waals surface area contributed by atoms with Gasteiger partial charge in [0.25, 0.3) is 0 Å². The first-order valence-electron chi connectivity index (χ1n) is 9.74. The third kappa shape index (κ3) is 4.00. The van der Waals surface area contributed by atoms with E-state index in [4.69, 9.17) is 9.47 Å². The SMILES string of the molecule is COc1ccccc1[C@H]1CCCN1C(=O)Cn1nnnc1CN1CCOCC1. The first-order valence-corrected chi connectivity index (χ1v) is 9.74. The highest BCUT2D eigenvalue weighted by Gasteiger charge is 2.32. The van der Waals surface area contributed by atoms with E-state index in [2.05, 4.69) is 20.4 Å². The van der Waals surface area contributed by atoms with Gasteiger partial charge in [-0.3, -0.25) is 9.69 Å². The van der Waals surface area contributed by atoms with Crippen molar-refractivity contribution < 1.29 is 14.3 Å². The lowest BCUT2D eigenvalue weighted by Gasteiger charge is -2.27. The minimum absolute atomic E-state index is 0.0304. The molecule has 3 heterocycles. The number of para-hydroxylation sites is 1. The molecule has 28 heavy (non-hydrogen) atoms. The van der Waals surface area contributed by atoms with Crippen LogP contribution in [0, 0.1) is 0 Å². The van der Waals surface area contributed by atoms with Crippen LogP contribution in [-0.4, -0.2) is 75.9 Å². The van der Waals surface area contributed by atoms with Crippen molar-refractivity contribution in [1.82, 2.24) is 30.0 Å². The molecule has 9 nitrogen and oxygen atoms in total. The fourth-order valence-corrected chi connectivity index (χ4v) is 3.97. The molecule has 1 atom stereocenters. The van der Waals surface area contributed by atoms with Crippen LogP contribution in [0.5, 0.6) is 5.75 Å². The summed E-state index contributed by atoms with van der Waals surface area (Å²) in [6, 6.07) is 7.94. The number of methoxy groups -OCH3 is 1. The average molecular weight is 386 g/mol. The zero-order chi connectivity index (χ0) is 19.3. The number of benzene rings is 1. The summed E-state index contributed by atoms with van der Waals surface area (Å²) in [6.07, 6.45) is 1.91. The molecule has 2 aliphatic heterocycles. The van der Waals surface area contributed by atoms with Crippen molar-refractivity contribution in [3.8, 4) is 5.75 Å².